The van der Waals surface area contributed by atoms with Crippen molar-refractivity contribution in [2.75, 3.05) is 22.9 Å². The van der Waals surface area contributed by atoms with Crippen molar-refractivity contribution < 1.29 is 27.3 Å². The van der Waals surface area contributed by atoms with Gasteiger partial charge in [-0.05, 0) is 19.1 Å². The number of nitrogens with two attached hydrogens (primary N) is 2. The fourth-order valence-corrected chi connectivity index (χ4v) is 3.76. The van der Waals surface area contributed by atoms with Crippen LogP contribution in [0.2, 0.25) is 10.0 Å². The number of amidine groups is 1. The lowest BCUT2D eigenvalue weighted by Gasteiger charge is -2.21. The predicted octanol–water partition coefficient (Wildman–Crippen LogP) is 3.32. The molecule has 0 spiro atoms. The number of nitrogen functional groups attached to an aromatic ring is 2. The number of rotatable bonds is 5. The first-order valence-electron chi connectivity index (χ1n) is 7.91. The molecule has 0 aliphatic rings. The normalized spacial score (nSPS) is 12.5. The van der Waals surface area contributed by atoms with Gasteiger partial charge in [-0.2, -0.15) is 18.3 Å². The second-order valence-corrected chi connectivity index (χ2v) is 7.64. The standard InChI is InChI=1S/C15H15Cl2F3N6O3S/c1-3-29-14(27)26(30(2)28)11-9(12(21)22)24-25(13(11)23)10-7(16)4-6(5-8(10)17)15(18,19)20/h4-5H,3,23H2,1-2H3,(H3,21,22). The van der Waals surface area contributed by atoms with Gasteiger partial charge in [-0.15, -0.1) is 0 Å². The number of hydrogen-bond donors (Lipinski definition) is 3. The van der Waals surface area contributed by atoms with E-state index in [4.69, 9.17) is 44.8 Å². The molecule has 1 amide bonds. The van der Waals surface area contributed by atoms with Crippen LogP contribution in [0.1, 0.15) is 18.2 Å². The number of anilines is 2. The van der Waals surface area contributed by atoms with Crippen LogP contribution in [-0.4, -0.2) is 39.1 Å². The van der Waals surface area contributed by atoms with Crippen LogP contribution in [0.15, 0.2) is 12.1 Å². The Morgan fingerprint density at radius 2 is 1.93 bits per heavy atom. The molecule has 0 saturated carbocycles. The van der Waals surface area contributed by atoms with Gasteiger partial charge in [0.1, 0.15) is 17.8 Å². The van der Waals surface area contributed by atoms with E-state index in [1.165, 1.54) is 6.92 Å². The maximum Gasteiger partial charge on any atom is 0.456 e. The minimum Gasteiger partial charge on any atom is -0.593 e. The molecule has 0 fully saturated rings. The topological polar surface area (TPSA) is 146 Å². The number of nitrogens with one attached hydrogen (secondary N) is 1. The van der Waals surface area contributed by atoms with Crippen LogP contribution in [0.3, 0.4) is 0 Å². The summed E-state index contributed by atoms with van der Waals surface area (Å²) in [5.41, 5.74) is 9.43. The van der Waals surface area contributed by atoms with E-state index < -0.39 is 50.9 Å². The van der Waals surface area contributed by atoms with Gasteiger partial charge < -0.3 is 20.8 Å². The molecule has 1 aromatic heterocycles. The molecule has 0 aliphatic heterocycles. The van der Waals surface area contributed by atoms with Crippen LogP contribution in [-0.2, 0) is 22.3 Å². The summed E-state index contributed by atoms with van der Waals surface area (Å²) >= 11 is 9.95. The van der Waals surface area contributed by atoms with Crippen LogP contribution >= 0.6 is 23.2 Å². The lowest BCUT2D eigenvalue weighted by Crippen LogP contribution is -2.38. The smallest absolute Gasteiger partial charge is 0.456 e. The first-order chi connectivity index (χ1) is 13.8. The largest absolute Gasteiger partial charge is 0.593 e. The minimum atomic E-state index is -4.71. The third-order valence-corrected chi connectivity index (χ3v) is 5.02. The van der Waals surface area contributed by atoms with Crippen molar-refractivity contribution in [3.8, 4) is 5.69 Å². The molecule has 0 radical (unpaired) electrons. The van der Waals surface area contributed by atoms with E-state index in [0.29, 0.717) is 16.4 Å². The zero-order valence-electron chi connectivity index (χ0n) is 15.4. The Labute approximate surface area is 181 Å². The average molecular weight is 487 g/mol. The van der Waals surface area contributed by atoms with Crippen molar-refractivity contribution in [2.24, 2.45) is 5.73 Å². The molecule has 9 nitrogen and oxygen atoms in total. The molecule has 1 unspecified atom stereocenters. The number of benzene rings is 1. The van der Waals surface area contributed by atoms with Gasteiger partial charge in [0.05, 0.1) is 33.6 Å². The van der Waals surface area contributed by atoms with Crippen molar-refractivity contribution in [3.63, 3.8) is 0 Å². The van der Waals surface area contributed by atoms with E-state index in [2.05, 4.69) is 5.10 Å². The number of hydrogen-bond acceptors (Lipinski definition) is 6. The SMILES string of the molecule is CCOC(=O)N(c1c(C(=N)N)nn(-c2c(Cl)cc(C(F)(F)F)cc2Cl)c1N)[S+](C)[O-]. The van der Waals surface area contributed by atoms with E-state index in [9.17, 15) is 22.5 Å². The summed E-state index contributed by atoms with van der Waals surface area (Å²) in [7, 11) is 0. The van der Waals surface area contributed by atoms with E-state index >= 15 is 0 Å². The molecule has 5 N–H and O–H groups in total. The summed E-state index contributed by atoms with van der Waals surface area (Å²) in [5, 5.41) is 10.7. The lowest BCUT2D eigenvalue weighted by molar-refractivity contribution is -0.137. The second-order valence-electron chi connectivity index (χ2n) is 5.61. The van der Waals surface area contributed by atoms with Gasteiger partial charge in [0, 0.05) is 0 Å². The van der Waals surface area contributed by atoms with E-state index in [-0.39, 0.29) is 23.7 Å². The van der Waals surface area contributed by atoms with Crippen molar-refractivity contribution >= 4 is 58.0 Å². The molecule has 0 saturated heterocycles. The van der Waals surface area contributed by atoms with Crippen LogP contribution in [0, 0.1) is 5.41 Å². The predicted molar refractivity (Wildman–Crippen MR) is 108 cm³/mol. The van der Waals surface area contributed by atoms with Crippen LogP contribution in [0.5, 0.6) is 0 Å². The summed E-state index contributed by atoms with van der Waals surface area (Å²) in [5.74, 6) is -1.08. The van der Waals surface area contributed by atoms with Gasteiger partial charge in [0.2, 0.25) is 0 Å². The lowest BCUT2D eigenvalue weighted by atomic mass is 10.2. The fraction of sp³-hybridized carbons (Fsp3) is 0.267. The summed E-state index contributed by atoms with van der Waals surface area (Å²) < 4.78 is 57.4. The molecule has 2 aromatic rings. The third kappa shape index (κ3) is 4.53. The number of nitrogens with zero attached hydrogens (tertiary/aromatic N) is 3. The summed E-state index contributed by atoms with van der Waals surface area (Å²) in [6.45, 7) is 1.45. The Bertz CT molecular complexity index is 976. The number of alkyl halides is 3. The van der Waals surface area contributed by atoms with Gasteiger partial charge in [0.15, 0.2) is 17.2 Å². The molecule has 164 valence electrons. The molecule has 0 bridgehead atoms. The number of carbonyl (C=O) groups excluding carboxylic acids is 1. The van der Waals surface area contributed by atoms with Gasteiger partial charge in [0.25, 0.3) is 0 Å². The summed E-state index contributed by atoms with van der Waals surface area (Å²) in [6, 6.07) is 1.22. The first-order valence-corrected chi connectivity index (χ1v) is 10.2. The molecule has 1 heterocycles. The molecule has 2 rings (SSSR count). The Hall–Kier alpha value is -2.35. The van der Waals surface area contributed by atoms with E-state index in [0.717, 1.165) is 10.9 Å². The number of halogens is 5. The maximum absolute atomic E-state index is 13.0. The van der Waals surface area contributed by atoms with Crippen LogP contribution < -0.4 is 15.8 Å². The zero-order valence-corrected chi connectivity index (χ0v) is 17.7. The minimum absolute atomic E-state index is 0.0630. The quantitative estimate of drug-likeness (QED) is 0.335. The zero-order chi connectivity index (χ0) is 23.0. The van der Waals surface area contributed by atoms with Crippen molar-refractivity contribution in [1.29, 1.82) is 5.41 Å². The molecule has 15 heteroatoms. The number of aromatic nitrogens is 2. The van der Waals surface area contributed by atoms with Crippen molar-refractivity contribution in [2.45, 2.75) is 13.1 Å². The highest BCUT2D eigenvalue weighted by atomic mass is 35.5. The Morgan fingerprint density at radius 1 is 1.40 bits per heavy atom. The Kier molecular flexibility index (Phi) is 7.01. The van der Waals surface area contributed by atoms with E-state index in [1.807, 2.05) is 0 Å². The molecule has 1 atom stereocenters. The van der Waals surface area contributed by atoms with Crippen LogP contribution in [0.25, 0.3) is 5.69 Å². The first kappa shape index (κ1) is 23.9. The van der Waals surface area contributed by atoms with Gasteiger partial charge in [-0.3, -0.25) is 5.41 Å². The number of amides is 1. The highest BCUT2D eigenvalue weighted by Gasteiger charge is 2.37. The van der Waals surface area contributed by atoms with Gasteiger partial charge in [-0.25, -0.2) is 9.48 Å². The number of ether oxygens (including phenoxy) is 1. The molecule has 1 aromatic carbocycles. The molecular formula is C15H15Cl2F3N6O3S. The number of carbonyl (C=O) groups is 1. The highest BCUT2D eigenvalue weighted by Crippen LogP contribution is 2.40. The molecule has 0 aliphatic carbocycles. The third-order valence-electron chi connectivity index (χ3n) is 3.60. The summed E-state index contributed by atoms with van der Waals surface area (Å²) in [6.07, 6.45) is -4.65. The molecular weight excluding hydrogens is 472 g/mol. The Morgan fingerprint density at radius 3 is 2.33 bits per heavy atom. The second kappa shape index (κ2) is 8.79. The van der Waals surface area contributed by atoms with Crippen molar-refractivity contribution in [1.82, 2.24) is 9.78 Å². The van der Waals surface area contributed by atoms with Crippen LogP contribution in [0.4, 0.5) is 29.5 Å². The van der Waals surface area contributed by atoms with Gasteiger partial charge >= 0.3 is 12.3 Å². The van der Waals surface area contributed by atoms with Crippen molar-refractivity contribution in [3.05, 3.63) is 33.4 Å². The monoisotopic (exact) mass is 486 g/mol. The average Bonchev–Trinajstić information content (AvgIpc) is 2.91. The van der Waals surface area contributed by atoms with E-state index in [1.54, 1.807) is 0 Å². The fourth-order valence-electron chi connectivity index (χ4n) is 2.41. The van der Waals surface area contributed by atoms with Gasteiger partial charge in [-0.1, -0.05) is 27.5 Å². The highest BCUT2D eigenvalue weighted by molar-refractivity contribution is 7.92. The Balaban J connectivity index is 2.78. The summed E-state index contributed by atoms with van der Waals surface area (Å²) in [4.78, 5) is 12.3. The maximum atomic E-state index is 13.0. The molecule has 30 heavy (non-hydrogen) atoms.